The summed E-state index contributed by atoms with van der Waals surface area (Å²) in [5, 5.41) is 9.25. The highest BCUT2D eigenvalue weighted by Gasteiger charge is 2.59. The zero-order valence-electron chi connectivity index (χ0n) is 16.5. The van der Waals surface area contributed by atoms with E-state index in [1.807, 2.05) is 43.3 Å². The van der Waals surface area contributed by atoms with Gasteiger partial charge < -0.3 is 19.5 Å². The second-order valence-corrected chi connectivity index (χ2v) is 7.73. The molecule has 6 heteroatoms. The van der Waals surface area contributed by atoms with Gasteiger partial charge in [-0.25, -0.2) is 0 Å². The number of carbonyl (C=O) groups is 2. The molecule has 1 amide bonds. The molecule has 29 heavy (non-hydrogen) atoms. The lowest BCUT2D eigenvalue weighted by Crippen LogP contribution is -2.40. The Morgan fingerprint density at radius 2 is 1.66 bits per heavy atom. The van der Waals surface area contributed by atoms with Gasteiger partial charge in [-0.3, -0.25) is 9.59 Å². The number of carbonyl (C=O) groups excluding carboxylic acids is 1. The average molecular weight is 395 g/mol. The summed E-state index contributed by atoms with van der Waals surface area (Å²) in [7, 11) is 0. The van der Waals surface area contributed by atoms with Crippen molar-refractivity contribution in [3.8, 4) is 17.2 Å². The molecule has 1 atom stereocenters. The minimum absolute atomic E-state index is 0.0862. The van der Waals surface area contributed by atoms with E-state index in [1.165, 1.54) is 0 Å². The molecule has 2 fully saturated rings. The molecular weight excluding hydrogens is 370 g/mol. The molecule has 1 N–H and O–H groups in total. The summed E-state index contributed by atoms with van der Waals surface area (Å²) < 4.78 is 11.7. The maximum Gasteiger partial charge on any atom is 0.307 e. The minimum Gasteiger partial charge on any atom is -0.490 e. The lowest BCUT2D eigenvalue weighted by Gasteiger charge is -2.33. The van der Waals surface area contributed by atoms with Gasteiger partial charge >= 0.3 is 5.97 Å². The van der Waals surface area contributed by atoms with Crippen molar-refractivity contribution in [3.63, 3.8) is 0 Å². The third-order valence-electron chi connectivity index (χ3n) is 6.02. The molecule has 4 rings (SSSR count). The van der Waals surface area contributed by atoms with Crippen LogP contribution in [0.15, 0.2) is 48.5 Å². The molecule has 1 heterocycles. The smallest absolute Gasteiger partial charge is 0.307 e. The van der Waals surface area contributed by atoms with Crippen LogP contribution in [0.3, 0.4) is 0 Å². The number of carboxylic acid groups (broad SMARTS) is 1. The predicted octanol–water partition coefficient (Wildman–Crippen LogP) is 4.20. The van der Waals surface area contributed by atoms with Gasteiger partial charge in [0.25, 0.3) is 5.91 Å². The summed E-state index contributed by atoms with van der Waals surface area (Å²) in [6, 6.07) is 14.6. The van der Waals surface area contributed by atoms with Crippen LogP contribution in [0, 0.1) is 11.3 Å². The number of aliphatic carboxylic acids is 1. The highest BCUT2D eigenvalue weighted by Crippen LogP contribution is 2.59. The van der Waals surface area contributed by atoms with Crippen LogP contribution in [0.4, 0.5) is 0 Å². The number of carboxylic acids is 1. The molecule has 152 valence electrons. The predicted molar refractivity (Wildman–Crippen MR) is 107 cm³/mol. The van der Waals surface area contributed by atoms with E-state index in [1.54, 1.807) is 17.0 Å². The standard InChI is InChI=1S/C23H25NO5/c1-2-28-19-9-5-6-10-20(19)29-18-8-4-3-7-16(18)21(25)24-13-11-23(12-14-24)15-17(23)22(26)27/h3-10,17H,2,11-15H2,1H3,(H,26,27). The van der Waals surface area contributed by atoms with Gasteiger partial charge in [-0.1, -0.05) is 24.3 Å². The summed E-state index contributed by atoms with van der Waals surface area (Å²) in [5.41, 5.74) is 0.398. The quantitative estimate of drug-likeness (QED) is 0.793. The van der Waals surface area contributed by atoms with Crippen molar-refractivity contribution in [2.24, 2.45) is 11.3 Å². The molecule has 0 aromatic heterocycles. The fraction of sp³-hybridized carbons (Fsp3) is 0.391. The molecule has 1 spiro atoms. The molecule has 2 aromatic rings. The van der Waals surface area contributed by atoms with Crippen LogP contribution in [0.5, 0.6) is 17.2 Å². The number of rotatable bonds is 6. The summed E-state index contributed by atoms with van der Waals surface area (Å²) >= 11 is 0. The Morgan fingerprint density at radius 1 is 1.03 bits per heavy atom. The summed E-state index contributed by atoms with van der Waals surface area (Å²) in [6.07, 6.45) is 2.22. The van der Waals surface area contributed by atoms with E-state index >= 15 is 0 Å². The Balaban J connectivity index is 1.49. The van der Waals surface area contributed by atoms with Gasteiger partial charge in [0, 0.05) is 13.1 Å². The Morgan fingerprint density at radius 3 is 2.28 bits per heavy atom. The maximum atomic E-state index is 13.2. The van der Waals surface area contributed by atoms with Gasteiger partial charge in [-0.15, -0.1) is 0 Å². The third-order valence-corrected chi connectivity index (χ3v) is 6.02. The van der Waals surface area contributed by atoms with Crippen LogP contribution >= 0.6 is 0 Å². The number of benzene rings is 2. The first-order valence-electron chi connectivity index (χ1n) is 10.0. The summed E-state index contributed by atoms with van der Waals surface area (Å²) in [6.45, 7) is 3.58. The number of hydrogen-bond donors (Lipinski definition) is 1. The molecule has 0 radical (unpaired) electrons. The van der Waals surface area contributed by atoms with E-state index in [0.717, 1.165) is 19.3 Å². The van der Waals surface area contributed by atoms with Crippen molar-refractivity contribution < 1.29 is 24.2 Å². The minimum atomic E-state index is -0.712. The molecule has 6 nitrogen and oxygen atoms in total. The molecule has 1 saturated carbocycles. The van der Waals surface area contributed by atoms with Crippen molar-refractivity contribution in [2.45, 2.75) is 26.2 Å². The molecule has 1 aliphatic heterocycles. The number of para-hydroxylation sites is 3. The normalized spacial score (nSPS) is 19.6. The zero-order valence-corrected chi connectivity index (χ0v) is 16.5. The van der Waals surface area contributed by atoms with E-state index in [9.17, 15) is 14.7 Å². The first-order chi connectivity index (χ1) is 14.0. The monoisotopic (exact) mass is 395 g/mol. The molecule has 1 unspecified atom stereocenters. The number of hydrogen-bond acceptors (Lipinski definition) is 4. The number of amides is 1. The fourth-order valence-electron chi connectivity index (χ4n) is 4.23. The van der Waals surface area contributed by atoms with Crippen molar-refractivity contribution in [1.29, 1.82) is 0 Å². The second kappa shape index (κ2) is 7.78. The topological polar surface area (TPSA) is 76.1 Å². The van der Waals surface area contributed by atoms with Crippen molar-refractivity contribution >= 4 is 11.9 Å². The Hall–Kier alpha value is -3.02. The van der Waals surface area contributed by atoms with Crippen LogP contribution in [0.2, 0.25) is 0 Å². The van der Waals surface area contributed by atoms with E-state index in [4.69, 9.17) is 9.47 Å². The zero-order chi connectivity index (χ0) is 20.4. The van der Waals surface area contributed by atoms with Gasteiger partial charge in [0.1, 0.15) is 5.75 Å². The van der Waals surface area contributed by atoms with Crippen LogP contribution in [-0.4, -0.2) is 41.6 Å². The van der Waals surface area contributed by atoms with Crippen LogP contribution < -0.4 is 9.47 Å². The first-order valence-corrected chi connectivity index (χ1v) is 10.0. The summed E-state index contributed by atoms with van der Waals surface area (Å²) in [5.74, 6) is 0.638. The molecule has 2 aromatic carbocycles. The van der Waals surface area contributed by atoms with E-state index in [-0.39, 0.29) is 17.2 Å². The molecule has 0 bridgehead atoms. The highest BCUT2D eigenvalue weighted by molar-refractivity contribution is 5.97. The number of ether oxygens (including phenoxy) is 2. The molecule has 2 aliphatic rings. The molecule has 1 saturated heterocycles. The molecular formula is C23H25NO5. The van der Waals surface area contributed by atoms with Gasteiger partial charge in [-0.05, 0) is 55.9 Å². The second-order valence-electron chi connectivity index (χ2n) is 7.73. The lowest BCUT2D eigenvalue weighted by atomic mass is 9.90. The number of likely N-dealkylation sites (tertiary alicyclic amines) is 1. The van der Waals surface area contributed by atoms with Crippen LogP contribution in [0.25, 0.3) is 0 Å². The van der Waals surface area contributed by atoms with Crippen LogP contribution in [-0.2, 0) is 4.79 Å². The van der Waals surface area contributed by atoms with Gasteiger partial charge in [0.2, 0.25) is 0 Å². The van der Waals surface area contributed by atoms with Gasteiger partial charge in [-0.2, -0.15) is 0 Å². The number of nitrogens with zero attached hydrogens (tertiary/aromatic N) is 1. The third kappa shape index (κ3) is 3.79. The Bertz CT molecular complexity index is 917. The van der Waals surface area contributed by atoms with E-state index < -0.39 is 5.97 Å². The lowest BCUT2D eigenvalue weighted by molar-refractivity contribution is -0.139. The van der Waals surface area contributed by atoms with Crippen molar-refractivity contribution in [1.82, 2.24) is 4.90 Å². The summed E-state index contributed by atoms with van der Waals surface area (Å²) in [4.78, 5) is 26.2. The van der Waals surface area contributed by atoms with Gasteiger partial charge in [0.05, 0.1) is 18.1 Å². The SMILES string of the molecule is CCOc1ccccc1Oc1ccccc1C(=O)N1CCC2(CC1)CC2C(=O)O. The Labute approximate surface area is 170 Å². The maximum absolute atomic E-state index is 13.2. The largest absolute Gasteiger partial charge is 0.490 e. The van der Waals surface area contributed by atoms with Crippen LogP contribution in [0.1, 0.15) is 36.5 Å². The highest BCUT2D eigenvalue weighted by atomic mass is 16.5. The van der Waals surface area contributed by atoms with Gasteiger partial charge in [0.15, 0.2) is 11.5 Å². The first kappa shape index (κ1) is 19.3. The average Bonchev–Trinajstić information content (AvgIpc) is 3.44. The number of piperidine rings is 1. The molecule has 1 aliphatic carbocycles. The van der Waals surface area contributed by atoms with E-state index in [2.05, 4.69) is 0 Å². The fourth-order valence-corrected chi connectivity index (χ4v) is 4.23. The van der Waals surface area contributed by atoms with Crippen molar-refractivity contribution in [2.75, 3.05) is 19.7 Å². The van der Waals surface area contributed by atoms with Crippen molar-refractivity contribution in [3.05, 3.63) is 54.1 Å². The van der Waals surface area contributed by atoms with E-state index in [0.29, 0.717) is 42.5 Å². The Kier molecular flexibility index (Phi) is 5.18.